The van der Waals surface area contributed by atoms with Crippen LogP contribution in [0.1, 0.15) is 30.1 Å². The lowest BCUT2D eigenvalue weighted by Crippen LogP contribution is -2.33. The van der Waals surface area contributed by atoms with E-state index in [0.29, 0.717) is 17.9 Å². The summed E-state index contributed by atoms with van der Waals surface area (Å²) in [5.41, 5.74) is 11.2. The van der Waals surface area contributed by atoms with Crippen LogP contribution in [0, 0.1) is 5.92 Å². The van der Waals surface area contributed by atoms with Crippen molar-refractivity contribution in [1.82, 2.24) is 24.8 Å². The number of benzene rings is 1. The number of aromatic nitrogens is 4. The molecule has 0 radical (unpaired) electrons. The van der Waals surface area contributed by atoms with Crippen LogP contribution in [0.25, 0.3) is 21.6 Å². The summed E-state index contributed by atoms with van der Waals surface area (Å²) >= 11 is 1.56. The van der Waals surface area contributed by atoms with Crippen LogP contribution in [-0.4, -0.2) is 55.0 Å². The van der Waals surface area contributed by atoms with Crippen LogP contribution in [0.2, 0.25) is 0 Å². The van der Waals surface area contributed by atoms with Gasteiger partial charge in [-0.25, -0.2) is 15.0 Å². The molecule has 2 aliphatic rings. The lowest BCUT2D eigenvalue weighted by Gasteiger charge is -2.23. The zero-order valence-corrected chi connectivity index (χ0v) is 20.0. The summed E-state index contributed by atoms with van der Waals surface area (Å²) < 4.78 is 1.96. The molecule has 1 saturated carbocycles. The second kappa shape index (κ2) is 9.16. The van der Waals surface area contributed by atoms with Crippen molar-refractivity contribution in [3.05, 3.63) is 71.1 Å². The lowest BCUT2D eigenvalue weighted by molar-refractivity contribution is 0.0118. The fraction of sp³-hybridized carbons (Fsp3) is 0.346. The second-order valence-corrected chi connectivity index (χ2v) is 10.2. The van der Waals surface area contributed by atoms with E-state index >= 15 is 0 Å². The maximum absolute atomic E-state index is 11.1. The molecule has 35 heavy (non-hydrogen) atoms. The molecule has 1 aromatic carbocycles. The van der Waals surface area contributed by atoms with E-state index in [1.54, 1.807) is 11.3 Å². The van der Waals surface area contributed by atoms with E-state index in [4.69, 9.17) is 10.7 Å². The van der Waals surface area contributed by atoms with Gasteiger partial charge in [-0.1, -0.05) is 42.0 Å². The van der Waals surface area contributed by atoms with Gasteiger partial charge in [-0.05, 0) is 24.9 Å². The molecule has 4 heterocycles. The fourth-order valence-electron chi connectivity index (χ4n) is 5.44. The molecule has 0 bridgehead atoms. The van der Waals surface area contributed by atoms with Crippen molar-refractivity contribution >= 4 is 28.2 Å². The van der Waals surface area contributed by atoms with E-state index in [0.717, 1.165) is 47.6 Å². The third-order valence-corrected chi connectivity index (χ3v) is 8.12. The van der Waals surface area contributed by atoms with Gasteiger partial charge >= 0.3 is 0 Å². The molecule has 8 nitrogen and oxygen atoms in total. The third kappa shape index (κ3) is 4.04. The van der Waals surface area contributed by atoms with Gasteiger partial charge in [0, 0.05) is 36.0 Å². The molecule has 0 amide bonds. The van der Waals surface area contributed by atoms with E-state index in [1.165, 1.54) is 17.5 Å². The quantitative estimate of drug-likeness (QED) is 0.319. The summed E-state index contributed by atoms with van der Waals surface area (Å²) in [5.74, 6) is 0.285. The molecule has 1 aliphatic carbocycles. The Labute approximate surface area is 207 Å². The van der Waals surface area contributed by atoms with Crippen LogP contribution < -0.4 is 11.1 Å². The maximum Gasteiger partial charge on any atom is 0.146 e. The fourth-order valence-corrected chi connectivity index (χ4v) is 6.28. The number of aliphatic hydroxyl groups is 2. The Bertz CT molecular complexity index is 1380. The number of nitrogens with one attached hydrogen (secondary N) is 1. The highest BCUT2D eigenvalue weighted by Crippen LogP contribution is 2.43. The number of nitrogens with zero attached hydrogens (tertiary/aromatic N) is 4. The van der Waals surface area contributed by atoms with Crippen LogP contribution >= 0.6 is 11.3 Å². The van der Waals surface area contributed by atoms with Gasteiger partial charge in [0.15, 0.2) is 0 Å². The molecule has 180 valence electrons. The summed E-state index contributed by atoms with van der Waals surface area (Å²) in [6.07, 6.45) is 6.19. The monoisotopic (exact) mass is 488 g/mol. The first-order chi connectivity index (χ1) is 17.1. The first-order valence-corrected chi connectivity index (χ1v) is 12.8. The molecule has 3 aromatic heterocycles. The molecular formula is C26H28N6O2S. The second-order valence-electron chi connectivity index (χ2n) is 9.35. The number of aliphatic hydroxyl groups excluding tert-OH is 2. The van der Waals surface area contributed by atoms with Crippen molar-refractivity contribution in [3.63, 3.8) is 0 Å². The smallest absolute Gasteiger partial charge is 0.146 e. The Morgan fingerprint density at radius 1 is 1.14 bits per heavy atom. The van der Waals surface area contributed by atoms with E-state index < -0.39 is 12.2 Å². The van der Waals surface area contributed by atoms with Gasteiger partial charge < -0.3 is 25.8 Å². The number of hydrogen-bond donors (Lipinski definition) is 4. The molecule has 1 aliphatic heterocycles. The molecule has 1 fully saturated rings. The largest absolute Gasteiger partial charge is 0.390 e. The minimum Gasteiger partial charge on any atom is -0.390 e. The number of anilines is 1. The highest BCUT2D eigenvalue weighted by molar-refractivity contribution is 7.13. The molecule has 5 N–H and O–H groups in total. The van der Waals surface area contributed by atoms with Crippen molar-refractivity contribution in [2.24, 2.45) is 5.92 Å². The van der Waals surface area contributed by atoms with E-state index in [9.17, 15) is 10.2 Å². The number of rotatable bonds is 5. The molecule has 0 spiro atoms. The highest BCUT2D eigenvalue weighted by Gasteiger charge is 2.44. The highest BCUT2D eigenvalue weighted by atomic mass is 32.1. The van der Waals surface area contributed by atoms with Gasteiger partial charge in [-0.2, -0.15) is 0 Å². The van der Waals surface area contributed by atoms with Gasteiger partial charge in [0.2, 0.25) is 0 Å². The standard InChI is InChI=1S/C26H28N6O2S/c27-24-21-19(26-31-17(13-35-26)9-15-5-2-1-3-6-15)12-32(25(21)30-14-29-24)20-10-18(22(33)23(20)34)16-7-4-8-28-11-16/h1-3,5-7,12-14,18,20,22-23,28,33-34H,4,8-11H2,(H2,27,29,30)/t18-,20-,22-,23+/m1/s1. The van der Waals surface area contributed by atoms with Crippen LogP contribution in [-0.2, 0) is 6.42 Å². The van der Waals surface area contributed by atoms with Crippen molar-refractivity contribution in [2.75, 3.05) is 18.8 Å². The molecule has 0 saturated heterocycles. The third-order valence-electron chi connectivity index (χ3n) is 7.19. The van der Waals surface area contributed by atoms with Gasteiger partial charge in [0.05, 0.1) is 23.2 Å². The van der Waals surface area contributed by atoms with Crippen molar-refractivity contribution < 1.29 is 10.2 Å². The summed E-state index contributed by atoms with van der Waals surface area (Å²) in [7, 11) is 0. The number of nitrogens with two attached hydrogens (primary N) is 1. The van der Waals surface area contributed by atoms with Crippen LogP contribution in [0.5, 0.6) is 0 Å². The molecule has 9 heteroatoms. The zero-order valence-electron chi connectivity index (χ0n) is 19.2. The Balaban J connectivity index is 1.37. The lowest BCUT2D eigenvalue weighted by atomic mass is 9.92. The number of thiazole rings is 1. The summed E-state index contributed by atoms with van der Waals surface area (Å²) in [4.78, 5) is 13.7. The van der Waals surface area contributed by atoms with Gasteiger partial charge in [0.1, 0.15) is 28.9 Å². The van der Waals surface area contributed by atoms with Crippen LogP contribution in [0.4, 0.5) is 5.82 Å². The van der Waals surface area contributed by atoms with E-state index in [1.807, 2.05) is 29.0 Å². The maximum atomic E-state index is 11.1. The topological polar surface area (TPSA) is 122 Å². The Morgan fingerprint density at radius 2 is 2.00 bits per heavy atom. The number of hydrogen-bond acceptors (Lipinski definition) is 8. The van der Waals surface area contributed by atoms with E-state index in [2.05, 4.69) is 38.9 Å². The molecule has 4 aromatic rings. The van der Waals surface area contributed by atoms with Crippen LogP contribution in [0.15, 0.2) is 59.9 Å². The summed E-state index contributed by atoms with van der Waals surface area (Å²) in [5, 5.41) is 29.0. The van der Waals surface area contributed by atoms with Crippen molar-refractivity contribution in [3.8, 4) is 10.6 Å². The Hall–Kier alpha value is -3.11. The number of fused-ring (bicyclic) bond motifs is 1. The average Bonchev–Trinajstić information content (AvgIpc) is 3.58. The predicted molar refractivity (Wildman–Crippen MR) is 137 cm³/mol. The summed E-state index contributed by atoms with van der Waals surface area (Å²) in [6, 6.07) is 9.93. The zero-order chi connectivity index (χ0) is 23.9. The average molecular weight is 489 g/mol. The van der Waals surface area contributed by atoms with Gasteiger partial charge in [-0.15, -0.1) is 11.3 Å². The minimum absolute atomic E-state index is 0.0970. The van der Waals surface area contributed by atoms with Gasteiger partial charge in [0.25, 0.3) is 0 Å². The summed E-state index contributed by atoms with van der Waals surface area (Å²) in [6.45, 7) is 1.69. The minimum atomic E-state index is -0.910. The Morgan fingerprint density at radius 3 is 2.80 bits per heavy atom. The van der Waals surface area contributed by atoms with Crippen molar-refractivity contribution in [2.45, 2.75) is 37.5 Å². The Kier molecular flexibility index (Phi) is 5.85. The normalized spacial score (nSPS) is 24.7. The molecular weight excluding hydrogens is 460 g/mol. The van der Waals surface area contributed by atoms with Crippen molar-refractivity contribution in [1.29, 1.82) is 0 Å². The first kappa shape index (κ1) is 22.4. The molecule has 0 unspecified atom stereocenters. The molecule has 4 atom stereocenters. The predicted octanol–water partition coefficient (Wildman–Crippen LogP) is 2.93. The first-order valence-electron chi connectivity index (χ1n) is 12.0. The van der Waals surface area contributed by atoms with Crippen LogP contribution in [0.3, 0.4) is 0 Å². The van der Waals surface area contributed by atoms with E-state index in [-0.39, 0.29) is 12.0 Å². The molecule has 6 rings (SSSR count). The van der Waals surface area contributed by atoms with Gasteiger partial charge in [-0.3, -0.25) is 0 Å². The number of nitrogen functional groups attached to an aromatic ring is 1. The SMILES string of the molecule is Nc1ncnc2c1c(-c1nc(Cc3ccccc3)cs1)cn2[C@@H]1C[C@H](C2=CCCNC2)[C@@H](O)[C@H]1O.